The maximum Gasteiger partial charge on any atom is 0.0850 e. The van der Waals surface area contributed by atoms with E-state index < -0.39 is 6.10 Å². The molecule has 1 saturated heterocycles. The molecule has 0 aliphatic carbocycles. The fourth-order valence-corrected chi connectivity index (χ4v) is 2.84. The molecule has 1 aromatic carbocycles. The van der Waals surface area contributed by atoms with Crippen LogP contribution in [0.25, 0.3) is 0 Å². The van der Waals surface area contributed by atoms with E-state index in [-0.39, 0.29) is 5.92 Å². The number of hydrogen-bond acceptors (Lipinski definition) is 2. The summed E-state index contributed by atoms with van der Waals surface area (Å²) in [5.74, 6) is 0.195. The third-order valence-corrected chi connectivity index (χ3v) is 4.14. The SMILES string of the molecule is OC(c1cc(Cl)ccc1I)C1CCCOC1. The third-order valence-electron chi connectivity index (χ3n) is 2.92. The van der Waals surface area contributed by atoms with Crippen molar-refractivity contribution in [3.05, 3.63) is 32.4 Å². The van der Waals surface area contributed by atoms with Crippen LogP contribution in [-0.4, -0.2) is 18.3 Å². The van der Waals surface area contributed by atoms with Gasteiger partial charge < -0.3 is 9.84 Å². The number of halogens is 2. The summed E-state index contributed by atoms with van der Waals surface area (Å²) in [4.78, 5) is 0. The zero-order chi connectivity index (χ0) is 11.5. The van der Waals surface area contributed by atoms with E-state index in [4.69, 9.17) is 16.3 Å². The Morgan fingerprint density at radius 3 is 3.00 bits per heavy atom. The second-order valence-electron chi connectivity index (χ2n) is 4.09. The van der Waals surface area contributed by atoms with E-state index in [1.807, 2.05) is 18.2 Å². The van der Waals surface area contributed by atoms with E-state index in [0.717, 1.165) is 28.6 Å². The fraction of sp³-hybridized carbons (Fsp3) is 0.500. The van der Waals surface area contributed by atoms with Gasteiger partial charge in [0.25, 0.3) is 0 Å². The van der Waals surface area contributed by atoms with Crippen molar-refractivity contribution in [1.29, 1.82) is 0 Å². The number of aliphatic hydroxyl groups is 1. The summed E-state index contributed by atoms with van der Waals surface area (Å²) in [6.07, 6.45) is 1.58. The smallest absolute Gasteiger partial charge is 0.0850 e. The third kappa shape index (κ3) is 2.88. The molecule has 0 aromatic heterocycles. The summed E-state index contributed by atoms with van der Waals surface area (Å²) in [6, 6.07) is 5.63. The van der Waals surface area contributed by atoms with Crippen molar-refractivity contribution in [3.63, 3.8) is 0 Å². The Bertz CT molecular complexity index is 364. The minimum Gasteiger partial charge on any atom is -0.388 e. The van der Waals surface area contributed by atoms with Crippen LogP contribution in [0.5, 0.6) is 0 Å². The molecular formula is C12H14ClIO2. The normalized spacial score (nSPS) is 23.1. The van der Waals surface area contributed by atoms with E-state index in [1.54, 1.807) is 0 Å². The first-order chi connectivity index (χ1) is 7.68. The molecule has 2 nitrogen and oxygen atoms in total. The van der Waals surface area contributed by atoms with E-state index in [2.05, 4.69) is 22.6 Å². The van der Waals surface area contributed by atoms with Crippen molar-refractivity contribution >= 4 is 34.2 Å². The highest BCUT2D eigenvalue weighted by Crippen LogP contribution is 2.32. The van der Waals surface area contributed by atoms with Gasteiger partial charge in [0.1, 0.15) is 0 Å². The fourth-order valence-electron chi connectivity index (χ4n) is 2.01. The van der Waals surface area contributed by atoms with Gasteiger partial charge in [-0.2, -0.15) is 0 Å². The van der Waals surface area contributed by atoms with Gasteiger partial charge in [-0.3, -0.25) is 0 Å². The average Bonchev–Trinajstić information content (AvgIpc) is 2.32. The zero-order valence-corrected chi connectivity index (χ0v) is 11.7. The average molecular weight is 353 g/mol. The van der Waals surface area contributed by atoms with Crippen molar-refractivity contribution in [1.82, 2.24) is 0 Å². The predicted molar refractivity (Wildman–Crippen MR) is 72.7 cm³/mol. The van der Waals surface area contributed by atoms with Gasteiger partial charge in [0.05, 0.1) is 12.7 Å². The van der Waals surface area contributed by atoms with Gasteiger partial charge in [0.2, 0.25) is 0 Å². The van der Waals surface area contributed by atoms with Crippen LogP contribution >= 0.6 is 34.2 Å². The number of hydrogen-bond donors (Lipinski definition) is 1. The Labute approximate surface area is 114 Å². The molecule has 2 atom stereocenters. The molecule has 1 heterocycles. The predicted octanol–water partition coefficient (Wildman–Crippen LogP) is 3.40. The lowest BCUT2D eigenvalue weighted by atomic mass is 9.91. The number of benzene rings is 1. The summed E-state index contributed by atoms with van der Waals surface area (Å²) >= 11 is 8.18. The largest absolute Gasteiger partial charge is 0.388 e. The molecular weight excluding hydrogens is 338 g/mol. The van der Waals surface area contributed by atoms with Gasteiger partial charge in [-0.05, 0) is 59.2 Å². The first kappa shape index (κ1) is 12.6. The molecule has 0 saturated carbocycles. The minimum atomic E-state index is -0.467. The van der Waals surface area contributed by atoms with Crippen LogP contribution < -0.4 is 0 Å². The van der Waals surface area contributed by atoms with Crippen molar-refractivity contribution in [3.8, 4) is 0 Å². The lowest BCUT2D eigenvalue weighted by molar-refractivity contribution is -0.0103. The molecule has 16 heavy (non-hydrogen) atoms. The van der Waals surface area contributed by atoms with Gasteiger partial charge in [-0.15, -0.1) is 0 Å². The van der Waals surface area contributed by atoms with Crippen LogP contribution in [0.3, 0.4) is 0 Å². The highest BCUT2D eigenvalue weighted by molar-refractivity contribution is 14.1. The van der Waals surface area contributed by atoms with Gasteiger partial charge in [-0.1, -0.05) is 11.6 Å². The molecule has 1 aliphatic rings. The Morgan fingerprint density at radius 2 is 2.31 bits per heavy atom. The first-order valence-corrected chi connectivity index (χ1v) is 6.85. The number of ether oxygens (including phenoxy) is 1. The molecule has 1 N–H and O–H groups in total. The van der Waals surface area contributed by atoms with Crippen LogP contribution in [-0.2, 0) is 4.74 Å². The lowest BCUT2D eigenvalue weighted by Gasteiger charge is -2.27. The minimum absolute atomic E-state index is 0.195. The van der Waals surface area contributed by atoms with E-state index in [9.17, 15) is 5.11 Å². The van der Waals surface area contributed by atoms with Crippen LogP contribution in [0.1, 0.15) is 24.5 Å². The molecule has 4 heteroatoms. The van der Waals surface area contributed by atoms with Gasteiger partial charge in [0.15, 0.2) is 0 Å². The van der Waals surface area contributed by atoms with E-state index >= 15 is 0 Å². The molecule has 0 radical (unpaired) electrons. The standard InChI is InChI=1S/C12H14ClIO2/c13-9-3-4-11(14)10(6-9)12(15)8-2-1-5-16-7-8/h3-4,6,8,12,15H,1-2,5,7H2. The zero-order valence-electron chi connectivity index (χ0n) is 8.83. The molecule has 88 valence electrons. The summed E-state index contributed by atoms with van der Waals surface area (Å²) < 4.78 is 6.46. The number of rotatable bonds is 2. The molecule has 0 amide bonds. The number of aliphatic hydroxyl groups excluding tert-OH is 1. The van der Waals surface area contributed by atoms with Crippen molar-refractivity contribution < 1.29 is 9.84 Å². The van der Waals surface area contributed by atoms with Crippen LogP contribution in [0.15, 0.2) is 18.2 Å². The Balaban J connectivity index is 2.18. The second-order valence-corrected chi connectivity index (χ2v) is 5.69. The molecule has 1 fully saturated rings. The Hall–Kier alpha value is 0.160. The first-order valence-electron chi connectivity index (χ1n) is 5.39. The molecule has 1 aromatic rings. The maximum atomic E-state index is 10.3. The summed E-state index contributed by atoms with van der Waals surface area (Å²) in [5, 5.41) is 11.0. The molecule has 2 unspecified atom stereocenters. The van der Waals surface area contributed by atoms with Crippen LogP contribution in [0.2, 0.25) is 5.02 Å². The molecule has 0 spiro atoms. The van der Waals surface area contributed by atoms with Crippen molar-refractivity contribution in [2.24, 2.45) is 5.92 Å². The van der Waals surface area contributed by atoms with Crippen LogP contribution in [0.4, 0.5) is 0 Å². The lowest BCUT2D eigenvalue weighted by Crippen LogP contribution is -2.24. The van der Waals surface area contributed by atoms with Crippen LogP contribution in [0, 0.1) is 9.49 Å². The molecule has 0 bridgehead atoms. The van der Waals surface area contributed by atoms with Gasteiger partial charge >= 0.3 is 0 Å². The highest BCUT2D eigenvalue weighted by Gasteiger charge is 2.25. The molecule has 2 rings (SSSR count). The highest BCUT2D eigenvalue weighted by atomic mass is 127. The quantitative estimate of drug-likeness (QED) is 0.827. The van der Waals surface area contributed by atoms with Crippen molar-refractivity contribution in [2.75, 3.05) is 13.2 Å². The van der Waals surface area contributed by atoms with Crippen molar-refractivity contribution in [2.45, 2.75) is 18.9 Å². The van der Waals surface area contributed by atoms with E-state index in [0.29, 0.717) is 11.6 Å². The topological polar surface area (TPSA) is 29.5 Å². The maximum absolute atomic E-state index is 10.3. The molecule has 1 aliphatic heterocycles. The monoisotopic (exact) mass is 352 g/mol. The Morgan fingerprint density at radius 1 is 1.50 bits per heavy atom. The summed E-state index contributed by atoms with van der Waals surface area (Å²) in [6.45, 7) is 1.46. The Kier molecular flexibility index (Phi) is 4.47. The van der Waals surface area contributed by atoms with Gasteiger partial charge in [0, 0.05) is 21.1 Å². The van der Waals surface area contributed by atoms with Gasteiger partial charge in [-0.25, -0.2) is 0 Å². The summed E-state index contributed by atoms with van der Waals surface area (Å²) in [7, 11) is 0. The van der Waals surface area contributed by atoms with E-state index in [1.165, 1.54) is 0 Å². The summed E-state index contributed by atoms with van der Waals surface area (Å²) in [5.41, 5.74) is 0.920. The second kappa shape index (κ2) is 5.67.